The molecule has 2 spiro atoms. The summed E-state index contributed by atoms with van der Waals surface area (Å²) < 4.78 is 40.0. The van der Waals surface area contributed by atoms with Crippen molar-refractivity contribution in [2.45, 2.75) is 205 Å². The average Bonchev–Trinajstić information content (AvgIpc) is 3.88. The first-order chi connectivity index (χ1) is 28.3. The summed E-state index contributed by atoms with van der Waals surface area (Å²) in [5.41, 5.74) is -1.71. The Bertz CT molecular complexity index is 1640. The molecule has 4 saturated heterocycles. The van der Waals surface area contributed by atoms with Gasteiger partial charge in [-0.2, -0.15) is 0 Å². The van der Waals surface area contributed by atoms with Crippen LogP contribution in [-0.4, -0.2) is 104 Å². The fourth-order valence-electron chi connectivity index (χ4n) is 11.5. The Morgan fingerprint density at radius 2 is 1.65 bits per heavy atom. The van der Waals surface area contributed by atoms with Crippen LogP contribution in [0.15, 0.2) is 35.0 Å². The van der Waals surface area contributed by atoms with Crippen molar-refractivity contribution < 1.29 is 58.1 Å². The van der Waals surface area contributed by atoms with Crippen molar-refractivity contribution >= 4 is 11.9 Å². The molecule has 5 aliphatic rings. The van der Waals surface area contributed by atoms with Crippen molar-refractivity contribution in [3.05, 3.63) is 36.3 Å². The van der Waals surface area contributed by atoms with Crippen LogP contribution in [0.25, 0.3) is 0 Å². The van der Waals surface area contributed by atoms with Gasteiger partial charge >= 0.3 is 5.97 Å². The number of hydrogen-bond acceptors (Lipinski definition) is 11. The lowest BCUT2D eigenvalue weighted by atomic mass is 9.72. The third kappa shape index (κ3) is 8.90. The predicted octanol–water partition coefficient (Wildman–Crippen LogP) is 7.01. The van der Waals surface area contributed by atoms with Crippen molar-refractivity contribution in [1.82, 2.24) is 5.32 Å². The number of carboxylic acids is 1. The first kappa shape index (κ1) is 47.1. The Kier molecular flexibility index (Phi) is 14.4. The standard InChI is InChI=1S/C47H75NO12/c1-11-32(43(52)53)34-17-16-26(4)40(57-34)30(8)38(49)29(7)39(50)33(12-2)41-27(5)25-28(6)46(58-41)21-18-36(48-42(51)35-15-14-24-55-35)47(60-46)23-22-44(10,59-47)37-19-20-45(54,13-3)31(9)56-37/h14-15,18,21,24,26-34,36-41,49-50,54H,11-13,16-17,19-20,22-23,25H2,1-10H3,(H,48,51)(H,52,53)/t26-,27-,28+,29-,30-,31-,32+,33-,34+,36+,37+,38+,39?,40+,41-,44-,45+,46-,47-/m0/s1. The SMILES string of the molecule is CC[C@@H](C(=O)O)[C@H]1CC[C@H](C)[C@H]([C@@H](C)[C@H](O)[C@H](C)C(O)[C@H](CC)[C@H]2O[C@]3(C=C[C@@H](NC(=O)c4ccco4)[C@]4(CC[C@@](C)([C@H]5CC[C@](O)(CC)[C@H](C)O5)O4)O3)[C@H](C)C[C@@H]2C)O1. The molecule has 5 aliphatic heterocycles. The first-order valence-corrected chi connectivity index (χ1v) is 23.0. The molecule has 1 unspecified atom stereocenters. The molecular formula is C47H75NO12. The van der Waals surface area contributed by atoms with Crippen LogP contribution in [0.4, 0.5) is 0 Å². The number of amides is 1. The Morgan fingerprint density at radius 1 is 0.917 bits per heavy atom. The van der Waals surface area contributed by atoms with Crippen molar-refractivity contribution in [3.63, 3.8) is 0 Å². The predicted molar refractivity (Wildman–Crippen MR) is 224 cm³/mol. The first-order valence-electron chi connectivity index (χ1n) is 23.0. The molecule has 19 atom stereocenters. The molecule has 60 heavy (non-hydrogen) atoms. The fourth-order valence-corrected chi connectivity index (χ4v) is 11.5. The van der Waals surface area contributed by atoms with E-state index in [-0.39, 0.29) is 47.6 Å². The number of carbonyl (C=O) groups is 2. The van der Waals surface area contributed by atoms with E-state index >= 15 is 0 Å². The monoisotopic (exact) mass is 846 g/mol. The molecule has 4 fully saturated rings. The number of rotatable bonds is 14. The number of aliphatic hydroxyl groups is 3. The minimum atomic E-state index is -1.35. The van der Waals surface area contributed by atoms with Crippen LogP contribution >= 0.6 is 0 Å². The lowest BCUT2D eigenvalue weighted by Gasteiger charge is -2.55. The highest BCUT2D eigenvalue weighted by Crippen LogP contribution is 2.54. The van der Waals surface area contributed by atoms with Crippen molar-refractivity contribution in [1.29, 1.82) is 0 Å². The maximum Gasteiger partial charge on any atom is 0.309 e. The van der Waals surface area contributed by atoms with Gasteiger partial charge in [0, 0.05) is 30.1 Å². The fraction of sp³-hybridized carbons (Fsp3) is 0.830. The van der Waals surface area contributed by atoms with Crippen LogP contribution in [0.1, 0.15) is 144 Å². The Hall–Kier alpha value is -2.36. The molecule has 1 aromatic heterocycles. The van der Waals surface area contributed by atoms with E-state index in [1.54, 1.807) is 12.1 Å². The van der Waals surface area contributed by atoms with Crippen molar-refractivity contribution in [2.75, 3.05) is 0 Å². The molecule has 13 nitrogen and oxygen atoms in total. The molecular weight excluding hydrogens is 771 g/mol. The zero-order valence-corrected chi connectivity index (χ0v) is 37.7. The van der Waals surface area contributed by atoms with Gasteiger partial charge in [-0.15, -0.1) is 0 Å². The van der Waals surface area contributed by atoms with E-state index in [4.69, 9.17) is 28.1 Å². The number of aliphatic hydroxyl groups excluding tert-OH is 2. The van der Waals surface area contributed by atoms with Gasteiger partial charge in [-0.05, 0) is 102 Å². The van der Waals surface area contributed by atoms with Gasteiger partial charge < -0.3 is 53.8 Å². The smallest absolute Gasteiger partial charge is 0.309 e. The lowest BCUT2D eigenvalue weighted by molar-refractivity contribution is -0.400. The lowest BCUT2D eigenvalue weighted by Crippen LogP contribution is -2.66. The second kappa shape index (κ2) is 18.4. The van der Waals surface area contributed by atoms with E-state index < -0.39 is 83.1 Å². The summed E-state index contributed by atoms with van der Waals surface area (Å²) in [4.78, 5) is 25.5. The molecule has 0 aliphatic carbocycles. The van der Waals surface area contributed by atoms with Crippen LogP contribution in [0.2, 0.25) is 0 Å². The second-order valence-electron chi connectivity index (χ2n) is 19.6. The summed E-state index contributed by atoms with van der Waals surface area (Å²) in [5.74, 6) is -5.58. The highest BCUT2D eigenvalue weighted by molar-refractivity contribution is 5.91. The van der Waals surface area contributed by atoms with Gasteiger partial charge in [0.15, 0.2) is 17.3 Å². The normalized spacial score (nSPS) is 42.6. The summed E-state index contributed by atoms with van der Waals surface area (Å²) in [6.45, 7) is 19.9. The van der Waals surface area contributed by atoms with E-state index in [9.17, 15) is 30.0 Å². The zero-order chi connectivity index (χ0) is 43.9. The Labute approximate surface area is 357 Å². The molecule has 6 heterocycles. The summed E-state index contributed by atoms with van der Waals surface area (Å²) in [6.07, 6.45) is 7.44. The minimum absolute atomic E-state index is 0.0324. The van der Waals surface area contributed by atoms with Crippen LogP contribution in [0, 0.1) is 41.4 Å². The van der Waals surface area contributed by atoms with Gasteiger partial charge in [-0.25, -0.2) is 0 Å². The van der Waals surface area contributed by atoms with E-state index in [1.165, 1.54) is 6.26 Å². The number of carboxylic acid groups (broad SMARTS) is 1. The van der Waals surface area contributed by atoms with Gasteiger partial charge in [-0.1, -0.05) is 61.5 Å². The Morgan fingerprint density at radius 3 is 2.27 bits per heavy atom. The highest BCUT2D eigenvalue weighted by atomic mass is 16.8. The number of ether oxygens (including phenoxy) is 5. The van der Waals surface area contributed by atoms with Crippen molar-refractivity contribution in [3.8, 4) is 0 Å². The third-order valence-electron chi connectivity index (χ3n) is 15.8. The molecule has 6 rings (SSSR count). The quantitative estimate of drug-likeness (QED) is 0.121. The summed E-state index contributed by atoms with van der Waals surface area (Å²) in [5, 5.41) is 48.3. The van der Waals surface area contributed by atoms with E-state index in [2.05, 4.69) is 26.1 Å². The number of nitrogens with one attached hydrogen (secondary N) is 1. The number of carbonyl (C=O) groups excluding carboxylic acids is 1. The summed E-state index contributed by atoms with van der Waals surface area (Å²) in [6, 6.07) is 2.56. The number of hydrogen-bond donors (Lipinski definition) is 5. The maximum absolute atomic E-state index is 13.5. The van der Waals surface area contributed by atoms with Gasteiger partial charge in [0.05, 0.1) is 66.1 Å². The summed E-state index contributed by atoms with van der Waals surface area (Å²) >= 11 is 0. The van der Waals surface area contributed by atoms with Crippen LogP contribution < -0.4 is 5.32 Å². The zero-order valence-electron chi connectivity index (χ0n) is 37.7. The summed E-state index contributed by atoms with van der Waals surface area (Å²) in [7, 11) is 0. The van der Waals surface area contributed by atoms with E-state index in [0.717, 1.165) is 12.8 Å². The molecule has 5 N–H and O–H groups in total. The molecule has 1 amide bonds. The average molecular weight is 846 g/mol. The molecule has 340 valence electrons. The van der Waals surface area contributed by atoms with Gasteiger partial charge in [0.1, 0.15) is 6.04 Å². The molecule has 13 heteroatoms. The van der Waals surface area contributed by atoms with Gasteiger partial charge in [0.2, 0.25) is 0 Å². The maximum atomic E-state index is 13.5. The molecule has 0 radical (unpaired) electrons. The molecule has 0 aromatic carbocycles. The van der Waals surface area contributed by atoms with Gasteiger partial charge in [0.25, 0.3) is 5.91 Å². The van der Waals surface area contributed by atoms with E-state index in [0.29, 0.717) is 51.4 Å². The van der Waals surface area contributed by atoms with Crippen LogP contribution in [0.5, 0.6) is 0 Å². The van der Waals surface area contributed by atoms with Crippen molar-refractivity contribution in [2.24, 2.45) is 41.4 Å². The van der Waals surface area contributed by atoms with Crippen LogP contribution in [0.3, 0.4) is 0 Å². The molecule has 0 saturated carbocycles. The number of aliphatic carboxylic acids is 1. The number of furan rings is 1. The van der Waals surface area contributed by atoms with Gasteiger partial charge in [-0.3, -0.25) is 9.59 Å². The molecule has 0 bridgehead atoms. The largest absolute Gasteiger partial charge is 0.481 e. The van der Waals surface area contributed by atoms with E-state index in [1.807, 2.05) is 60.6 Å². The highest BCUT2D eigenvalue weighted by Gasteiger charge is 2.63. The second-order valence-corrected chi connectivity index (χ2v) is 19.6. The third-order valence-corrected chi connectivity index (χ3v) is 15.8. The minimum Gasteiger partial charge on any atom is -0.481 e. The molecule has 1 aromatic rings. The van der Waals surface area contributed by atoms with Crippen LogP contribution in [-0.2, 0) is 28.5 Å². The topological polar surface area (TPSA) is 186 Å². The Balaban J connectivity index is 1.24.